The van der Waals surface area contributed by atoms with Crippen molar-refractivity contribution in [3.8, 4) is 16.9 Å². The summed E-state index contributed by atoms with van der Waals surface area (Å²) in [4.78, 5) is 11.1. The van der Waals surface area contributed by atoms with Crippen molar-refractivity contribution in [3.05, 3.63) is 53.6 Å². The van der Waals surface area contributed by atoms with Gasteiger partial charge in [0.05, 0.1) is 0 Å². The van der Waals surface area contributed by atoms with Crippen molar-refractivity contribution in [1.29, 1.82) is 0 Å². The lowest BCUT2D eigenvalue weighted by Gasteiger charge is -2.22. The monoisotopic (exact) mass is 268 g/mol. The number of aryl methyl sites for hydroxylation is 1. The molecular weight excluding hydrogens is 248 g/mol. The van der Waals surface area contributed by atoms with Crippen LogP contribution in [0, 0.1) is 6.92 Å². The fraction of sp³-hybridized carbons (Fsp3) is 0.278. The van der Waals surface area contributed by atoms with E-state index < -0.39 is 0 Å². The third kappa shape index (κ3) is 3.70. The fourth-order valence-electron chi connectivity index (χ4n) is 2.02. The number of benzene rings is 2. The summed E-state index contributed by atoms with van der Waals surface area (Å²) in [6.07, 6.45) is 0.854. The van der Waals surface area contributed by atoms with Gasteiger partial charge in [0.1, 0.15) is 17.6 Å². The largest absolute Gasteiger partial charge is 0.488 e. The molecule has 2 aromatic rings. The summed E-state index contributed by atoms with van der Waals surface area (Å²) in [5, 5.41) is 0. The molecule has 0 aliphatic rings. The van der Waals surface area contributed by atoms with E-state index in [2.05, 4.69) is 31.2 Å². The molecule has 0 saturated carbocycles. The lowest BCUT2D eigenvalue weighted by molar-refractivity contribution is 0.111. The molecule has 0 saturated heterocycles. The molecule has 0 amide bonds. The Hall–Kier alpha value is -2.09. The highest BCUT2D eigenvalue weighted by Crippen LogP contribution is 2.28. The summed E-state index contributed by atoms with van der Waals surface area (Å²) in [6.45, 7) is 8.03. The van der Waals surface area contributed by atoms with Crippen molar-refractivity contribution in [2.45, 2.75) is 33.3 Å². The van der Waals surface area contributed by atoms with Crippen molar-refractivity contribution in [1.82, 2.24) is 0 Å². The van der Waals surface area contributed by atoms with Crippen LogP contribution in [0.5, 0.6) is 5.75 Å². The third-order valence-electron chi connectivity index (χ3n) is 2.87. The van der Waals surface area contributed by atoms with Gasteiger partial charge in [-0.25, -0.2) is 0 Å². The first-order chi connectivity index (χ1) is 9.37. The van der Waals surface area contributed by atoms with Gasteiger partial charge in [0.15, 0.2) is 0 Å². The molecule has 0 fully saturated rings. The Morgan fingerprint density at radius 2 is 1.60 bits per heavy atom. The molecule has 2 aromatic carbocycles. The normalized spacial score (nSPS) is 11.2. The van der Waals surface area contributed by atoms with Crippen LogP contribution < -0.4 is 4.74 Å². The van der Waals surface area contributed by atoms with Gasteiger partial charge in [-0.05, 0) is 57.0 Å². The topological polar surface area (TPSA) is 26.3 Å². The first-order valence-electron chi connectivity index (χ1n) is 6.74. The van der Waals surface area contributed by atoms with E-state index in [1.807, 2.05) is 32.9 Å². The predicted molar refractivity (Wildman–Crippen MR) is 82.4 cm³/mol. The second kappa shape index (κ2) is 5.49. The number of hydrogen-bond donors (Lipinski definition) is 0. The maximum atomic E-state index is 11.1. The van der Waals surface area contributed by atoms with Gasteiger partial charge in [0, 0.05) is 5.56 Å². The van der Waals surface area contributed by atoms with Gasteiger partial charge in [-0.1, -0.05) is 29.8 Å². The van der Waals surface area contributed by atoms with E-state index in [1.165, 1.54) is 5.56 Å². The molecule has 0 aromatic heterocycles. The highest BCUT2D eigenvalue weighted by Gasteiger charge is 2.13. The lowest BCUT2D eigenvalue weighted by atomic mass is 10.0. The fourth-order valence-corrected chi connectivity index (χ4v) is 2.02. The highest BCUT2D eigenvalue weighted by atomic mass is 16.5. The van der Waals surface area contributed by atoms with Crippen LogP contribution in [-0.4, -0.2) is 11.9 Å². The molecular formula is C18H20O2. The lowest BCUT2D eigenvalue weighted by Crippen LogP contribution is -2.23. The predicted octanol–water partition coefficient (Wildman–Crippen LogP) is 4.65. The van der Waals surface area contributed by atoms with Gasteiger partial charge < -0.3 is 4.74 Å². The Kier molecular flexibility index (Phi) is 3.93. The Morgan fingerprint density at radius 3 is 2.15 bits per heavy atom. The molecule has 2 heteroatoms. The van der Waals surface area contributed by atoms with Crippen LogP contribution in [0.2, 0.25) is 0 Å². The molecule has 0 N–H and O–H groups in total. The number of aldehydes is 1. The van der Waals surface area contributed by atoms with Crippen molar-refractivity contribution in [3.63, 3.8) is 0 Å². The zero-order valence-electron chi connectivity index (χ0n) is 12.4. The molecule has 0 aliphatic carbocycles. The number of carbonyl (C=O) groups is 1. The Morgan fingerprint density at radius 1 is 0.950 bits per heavy atom. The molecule has 2 rings (SSSR count). The van der Waals surface area contributed by atoms with E-state index in [9.17, 15) is 4.79 Å². The number of rotatable bonds is 3. The number of carbonyl (C=O) groups excluding carboxylic acids is 1. The molecule has 20 heavy (non-hydrogen) atoms. The minimum atomic E-state index is -0.286. The van der Waals surface area contributed by atoms with Gasteiger partial charge in [-0.2, -0.15) is 0 Å². The standard InChI is InChI=1S/C18H20O2/c1-13-5-7-15(8-6-13)16-9-14(12-19)10-17(11-16)20-18(2,3)4/h5-12H,1-4H3. The minimum absolute atomic E-state index is 0.286. The van der Waals surface area contributed by atoms with Gasteiger partial charge in [0.25, 0.3) is 0 Å². The van der Waals surface area contributed by atoms with E-state index in [1.54, 1.807) is 6.07 Å². The Balaban J connectivity index is 2.45. The quantitative estimate of drug-likeness (QED) is 0.757. The maximum absolute atomic E-state index is 11.1. The molecule has 0 aliphatic heterocycles. The van der Waals surface area contributed by atoms with Crippen LogP contribution in [-0.2, 0) is 0 Å². The van der Waals surface area contributed by atoms with E-state index in [4.69, 9.17) is 4.74 Å². The van der Waals surface area contributed by atoms with Gasteiger partial charge in [-0.15, -0.1) is 0 Å². The second-order valence-corrected chi connectivity index (χ2v) is 5.99. The Labute approximate surface area is 120 Å². The summed E-state index contributed by atoms with van der Waals surface area (Å²) < 4.78 is 5.87. The molecule has 0 bridgehead atoms. The Bertz CT molecular complexity index is 604. The van der Waals surface area contributed by atoms with E-state index in [0.29, 0.717) is 5.56 Å². The number of hydrogen-bond acceptors (Lipinski definition) is 2. The number of ether oxygens (including phenoxy) is 1. The van der Waals surface area contributed by atoms with Crippen molar-refractivity contribution in [2.75, 3.05) is 0 Å². The van der Waals surface area contributed by atoms with Gasteiger partial charge in [-0.3, -0.25) is 4.79 Å². The molecule has 0 atom stereocenters. The van der Waals surface area contributed by atoms with Gasteiger partial charge >= 0.3 is 0 Å². The van der Waals surface area contributed by atoms with Crippen LogP contribution in [0.1, 0.15) is 36.7 Å². The second-order valence-electron chi connectivity index (χ2n) is 5.99. The SMILES string of the molecule is Cc1ccc(-c2cc(C=O)cc(OC(C)(C)C)c2)cc1. The molecule has 0 unspecified atom stereocenters. The maximum Gasteiger partial charge on any atom is 0.150 e. The molecule has 104 valence electrons. The van der Waals surface area contributed by atoms with Crippen LogP contribution in [0.4, 0.5) is 0 Å². The van der Waals surface area contributed by atoms with E-state index in [-0.39, 0.29) is 5.60 Å². The van der Waals surface area contributed by atoms with Crippen LogP contribution in [0.25, 0.3) is 11.1 Å². The highest BCUT2D eigenvalue weighted by molar-refractivity contribution is 5.80. The summed E-state index contributed by atoms with van der Waals surface area (Å²) >= 11 is 0. The molecule has 2 nitrogen and oxygen atoms in total. The average molecular weight is 268 g/mol. The smallest absolute Gasteiger partial charge is 0.150 e. The summed E-state index contributed by atoms with van der Waals surface area (Å²) in [5.41, 5.74) is 3.63. The van der Waals surface area contributed by atoms with E-state index in [0.717, 1.165) is 23.2 Å². The summed E-state index contributed by atoms with van der Waals surface area (Å²) in [5.74, 6) is 0.720. The van der Waals surface area contributed by atoms with Crippen LogP contribution >= 0.6 is 0 Å². The summed E-state index contributed by atoms with van der Waals surface area (Å²) in [6, 6.07) is 13.9. The molecule has 0 heterocycles. The zero-order chi connectivity index (χ0) is 14.8. The average Bonchev–Trinajstić information content (AvgIpc) is 2.37. The van der Waals surface area contributed by atoms with Crippen molar-refractivity contribution < 1.29 is 9.53 Å². The zero-order valence-corrected chi connectivity index (χ0v) is 12.4. The minimum Gasteiger partial charge on any atom is -0.488 e. The van der Waals surface area contributed by atoms with Crippen LogP contribution in [0.15, 0.2) is 42.5 Å². The van der Waals surface area contributed by atoms with E-state index >= 15 is 0 Å². The summed E-state index contributed by atoms with van der Waals surface area (Å²) in [7, 11) is 0. The van der Waals surface area contributed by atoms with Crippen LogP contribution in [0.3, 0.4) is 0 Å². The third-order valence-corrected chi connectivity index (χ3v) is 2.87. The molecule has 0 radical (unpaired) electrons. The van der Waals surface area contributed by atoms with Crippen molar-refractivity contribution >= 4 is 6.29 Å². The van der Waals surface area contributed by atoms with Gasteiger partial charge in [0.2, 0.25) is 0 Å². The first-order valence-corrected chi connectivity index (χ1v) is 6.74. The molecule has 0 spiro atoms. The first kappa shape index (κ1) is 14.3. The van der Waals surface area contributed by atoms with Crippen molar-refractivity contribution in [2.24, 2.45) is 0 Å².